The third-order valence-corrected chi connectivity index (χ3v) is 1.91. The summed E-state index contributed by atoms with van der Waals surface area (Å²) in [6.45, 7) is 1.65. The van der Waals surface area contributed by atoms with Gasteiger partial charge in [-0.05, 0) is 19.1 Å². The maximum Gasteiger partial charge on any atom is 0.328 e. The number of anilines is 2. The molecule has 0 aliphatic heterocycles. The van der Waals surface area contributed by atoms with E-state index in [-0.39, 0.29) is 11.7 Å². The van der Waals surface area contributed by atoms with Crippen LogP contribution in [0.2, 0.25) is 0 Å². The molecular formula is C9H10N6O2. The lowest BCUT2D eigenvalue weighted by atomic mass is 10.3. The normalized spacial score (nSPS) is 10.0. The van der Waals surface area contributed by atoms with E-state index in [1.54, 1.807) is 13.0 Å². The fraction of sp³-hybridized carbons (Fsp3) is 0.111. The Bertz CT molecular complexity index is 521. The predicted octanol–water partition coefficient (Wildman–Crippen LogP) is 0.311. The molecule has 8 heteroatoms. The van der Waals surface area contributed by atoms with E-state index in [1.807, 2.05) is 0 Å². The van der Waals surface area contributed by atoms with Crippen molar-refractivity contribution in [2.45, 2.75) is 6.92 Å². The third-order valence-electron chi connectivity index (χ3n) is 1.91. The lowest BCUT2D eigenvalue weighted by Gasteiger charge is -2.01. The summed E-state index contributed by atoms with van der Waals surface area (Å²) in [6, 6.07) is 3.18. The van der Waals surface area contributed by atoms with Crippen LogP contribution >= 0.6 is 0 Å². The molecule has 17 heavy (non-hydrogen) atoms. The fourth-order valence-electron chi connectivity index (χ4n) is 1.12. The molecule has 1 amide bonds. The summed E-state index contributed by atoms with van der Waals surface area (Å²) in [5, 5.41) is 5.97. The molecule has 88 valence electrons. The first-order chi connectivity index (χ1) is 8.19. The van der Waals surface area contributed by atoms with Crippen LogP contribution in [-0.4, -0.2) is 21.0 Å². The molecule has 0 bridgehead atoms. The topological polar surface area (TPSA) is 119 Å². The van der Waals surface area contributed by atoms with Crippen LogP contribution in [0.15, 0.2) is 22.9 Å². The van der Waals surface area contributed by atoms with Crippen LogP contribution in [0.1, 0.15) is 16.3 Å². The van der Waals surface area contributed by atoms with Gasteiger partial charge in [0.05, 0.1) is 11.9 Å². The summed E-state index contributed by atoms with van der Waals surface area (Å²) >= 11 is 0. The predicted molar refractivity (Wildman–Crippen MR) is 59.0 cm³/mol. The number of pyridine rings is 1. The minimum atomic E-state index is -0.433. The smallest absolute Gasteiger partial charge is 0.323 e. The van der Waals surface area contributed by atoms with Gasteiger partial charge in [-0.15, -0.1) is 0 Å². The number of hydrogen-bond acceptors (Lipinski definition) is 7. The summed E-state index contributed by atoms with van der Waals surface area (Å²) in [5.41, 5.74) is 3.24. The molecule has 0 atom stereocenters. The van der Waals surface area contributed by atoms with Crippen LogP contribution < -0.4 is 16.6 Å². The molecule has 0 aliphatic carbocycles. The Morgan fingerprint density at radius 2 is 2.29 bits per heavy atom. The lowest BCUT2D eigenvalue weighted by Crippen LogP contribution is -2.14. The molecule has 0 saturated heterocycles. The highest BCUT2D eigenvalue weighted by atomic mass is 16.5. The first-order valence-electron chi connectivity index (χ1n) is 4.73. The number of aryl methyl sites for hydroxylation is 1. The SMILES string of the molecule is Cc1noc(NC(=O)c2ccc(NN)cn2)n1. The molecule has 2 aromatic rings. The minimum Gasteiger partial charge on any atom is -0.323 e. The van der Waals surface area contributed by atoms with E-state index in [0.29, 0.717) is 11.5 Å². The Kier molecular flexibility index (Phi) is 2.97. The molecule has 0 aliphatic rings. The zero-order chi connectivity index (χ0) is 12.3. The number of carbonyl (C=O) groups excluding carboxylic acids is 1. The molecule has 0 saturated carbocycles. The van der Waals surface area contributed by atoms with E-state index in [9.17, 15) is 4.79 Å². The molecule has 2 heterocycles. The molecule has 2 rings (SSSR count). The number of aromatic nitrogens is 3. The average Bonchev–Trinajstić information content (AvgIpc) is 2.75. The fourth-order valence-corrected chi connectivity index (χ4v) is 1.12. The lowest BCUT2D eigenvalue weighted by molar-refractivity contribution is 0.101. The molecule has 4 N–H and O–H groups in total. The highest BCUT2D eigenvalue weighted by Gasteiger charge is 2.11. The second kappa shape index (κ2) is 4.58. The zero-order valence-corrected chi connectivity index (χ0v) is 8.97. The number of nitrogens with zero attached hydrogens (tertiary/aromatic N) is 3. The van der Waals surface area contributed by atoms with Crippen LogP contribution in [0.3, 0.4) is 0 Å². The quantitative estimate of drug-likeness (QED) is 0.516. The van der Waals surface area contributed by atoms with Crippen LogP contribution in [0, 0.1) is 6.92 Å². The van der Waals surface area contributed by atoms with Crippen LogP contribution in [0.25, 0.3) is 0 Å². The number of nitrogens with two attached hydrogens (primary N) is 1. The van der Waals surface area contributed by atoms with Gasteiger partial charge in [-0.25, -0.2) is 4.98 Å². The highest BCUT2D eigenvalue weighted by molar-refractivity contribution is 6.01. The average molecular weight is 234 g/mol. The van der Waals surface area contributed by atoms with Crippen LogP contribution in [-0.2, 0) is 0 Å². The van der Waals surface area contributed by atoms with Crippen molar-refractivity contribution in [3.8, 4) is 0 Å². The summed E-state index contributed by atoms with van der Waals surface area (Å²) in [5.74, 6) is 5.19. The van der Waals surface area contributed by atoms with Crippen molar-refractivity contribution in [3.63, 3.8) is 0 Å². The van der Waals surface area contributed by atoms with E-state index in [0.717, 1.165) is 0 Å². The van der Waals surface area contributed by atoms with Crippen molar-refractivity contribution < 1.29 is 9.32 Å². The first-order valence-corrected chi connectivity index (χ1v) is 4.73. The Labute approximate surface area is 96.2 Å². The summed E-state index contributed by atoms with van der Waals surface area (Å²) < 4.78 is 4.75. The first kappa shape index (κ1) is 11.0. The van der Waals surface area contributed by atoms with Gasteiger partial charge in [0.2, 0.25) is 0 Å². The molecule has 0 aromatic carbocycles. The zero-order valence-electron chi connectivity index (χ0n) is 8.97. The molecule has 2 aromatic heterocycles. The highest BCUT2D eigenvalue weighted by Crippen LogP contribution is 2.07. The van der Waals surface area contributed by atoms with Gasteiger partial charge in [-0.1, -0.05) is 5.16 Å². The van der Waals surface area contributed by atoms with Crippen molar-refractivity contribution in [3.05, 3.63) is 29.8 Å². The Morgan fingerprint density at radius 3 is 2.82 bits per heavy atom. The Hall–Kier alpha value is -2.48. The standard InChI is InChI=1S/C9H10N6O2/c1-5-12-9(17-15-5)13-8(16)7-3-2-6(14-10)4-11-7/h2-4,14H,10H2,1H3,(H,12,13,15,16). The van der Waals surface area contributed by atoms with Gasteiger partial charge in [0, 0.05) is 0 Å². The second-order valence-corrected chi connectivity index (χ2v) is 3.18. The summed E-state index contributed by atoms with van der Waals surface area (Å²) in [4.78, 5) is 19.4. The van der Waals surface area contributed by atoms with E-state index < -0.39 is 5.91 Å². The maximum absolute atomic E-state index is 11.7. The number of carbonyl (C=O) groups is 1. The summed E-state index contributed by atoms with van der Waals surface area (Å²) in [7, 11) is 0. The Balaban J connectivity index is 2.09. The molecule has 0 fully saturated rings. The second-order valence-electron chi connectivity index (χ2n) is 3.18. The summed E-state index contributed by atoms with van der Waals surface area (Å²) in [6.07, 6.45) is 1.44. The van der Waals surface area contributed by atoms with Gasteiger partial charge in [-0.3, -0.25) is 16.0 Å². The molecule has 8 nitrogen and oxygen atoms in total. The number of hydrogen-bond donors (Lipinski definition) is 3. The third kappa shape index (κ3) is 2.55. The van der Waals surface area contributed by atoms with Crippen molar-refractivity contribution in [1.29, 1.82) is 0 Å². The number of nitrogen functional groups attached to an aromatic ring is 1. The van der Waals surface area contributed by atoms with Gasteiger partial charge in [0.1, 0.15) is 5.69 Å². The van der Waals surface area contributed by atoms with Crippen LogP contribution in [0.5, 0.6) is 0 Å². The van der Waals surface area contributed by atoms with Gasteiger partial charge in [0.15, 0.2) is 5.82 Å². The molecule has 0 unspecified atom stereocenters. The van der Waals surface area contributed by atoms with E-state index in [4.69, 9.17) is 10.4 Å². The van der Waals surface area contributed by atoms with Gasteiger partial charge < -0.3 is 9.95 Å². The monoisotopic (exact) mass is 234 g/mol. The Morgan fingerprint density at radius 1 is 1.47 bits per heavy atom. The van der Waals surface area contributed by atoms with E-state index >= 15 is 0 Å². The van der Waals surface area contributed by atoms with Gasteiger partial charge in [-0.2, -0.15) is 4.98 Å². The number of amides is 1. The maximum atomic E-state index is 11.7. The van der Waals surface area contributed by atoms with Gasteiger partial charge in [0.25, 0.3) is 5.91 Å². The van der Waals surface area contributed by atoms with Crippen LogP contribution in [0.4, 0.5) is 11.7 Å². The number of hydrazine groups is 1. The van der Waals surface area contributed by atoms with Crippen molar-refractivity contribution >= 4 is 17.6 Å². The van der Waals surface area contributed by atoms with Crippen molar-refractivity contribution in [1.82, 2.24) is 15.1 Å². The number of nitrogens with one attached hydrogen (secondary N) is 2. The largest absolute Gasteiger partial charge is 0.328 e. The minimum absolute atomic E-state index is 0.0373. The molecule has 0 radical (unpaired) electrons. The van der Waals surface area contributed by atoms with Gasteiger partial charge >= 0.3 is 6.01 Å². The van der Waals surface area contributed by atoms with E-state index in [1.165, 1.54) is 12.3 Å². The molecule has 0 spiro atoms. The molecular weight excluding hydrogens is 224 g/mol. The van der Waals surface area contributed by atoms with E-state index in [2.05, 4.69) is 25.9 Å². The van der Waals surface area contributed by atoms with Crippen molar-refractivity contribution in [2.24, 2.45) is 5.84 Å². The van der Waals surface area contributed by atoms with Crippen molar-refractivity contribution in [2.75, 3.05) is 10.7 Å². The number of rotatable bonds is 3.